The fourth-order valence-electron chi connectivity index (χ4n) is 6.00. The van der Waals surface area contributed by atoms with Gasteiger partial charge in [0.05, 0.1) is 6.61 Å². The Bertz CT molecular complexity index is 1060. The molecular weight excluding hydrogens is 432 g/mol. The molecule has 3 nitrogen and oxygen atoms in total. The van der Waals surface area contributed by atoms with Gasteiger partial charge in [-0.25, -0.2) is 8.78 Å². The number of allylic oxidation sites excluding steroid dienone is 2. The van der Waals surface area contributed by atoms with Gasteiger partial charge >= 0.3 is 0 Å². The van der Waals surface area contributed by atoms with Crippen molar-refractivity contribution >= 4 is 5.57 Å². The van der Waals surface area contributed by atoms with Crippen molar-refractivity contribution in [1.82, 2.24) is 5.06 Å². The lowest BCUT2D eigenvalue weighted by molar-refractivity contribution is -0.289. The second-order valence-corrected chi connectivity index (χ2v) is 11.1. The molecule has 2 aromatic carbocycles. The third-order valence-electron chi connectivity index (χ3n) is 7.54. The minimum atomic E-state index is -0.487. The first-order chi connectivity index (χ1) is 16.0. The Morgan fingerprint density at radius 2 is 1.68 bits per heavy atom. The first-order valence-corrected chi connectivity index (χ1v) is 12.4. The van der Waals surface area contributed by atoms with Gasteiger partial charge in [0.15, 0.2) is 0 Å². The van der Waals surface area contributed by atoms with Crippen molar-refractivity contribution in [1.29, 1.82) is 0 Å². The second kappa shape index (κ2) is 9.43. The van der Waals surface area contributed by atoms with Crippen molar-refractivity contribution in [2.45, 2.75) is 89.6 Å². The van der Waals surface area contributed by atoms with E-state index in [2.05, 4.69) is 6.08 Å². The van der Waals surface area contributed by atoms with Gasteiger partial charge in [-0.1, -0.05) is 24.3 Å². The fraction of sp³-hybridized carbons (Fsp3) is 0.517. The Balaban J connectivity index is 1.50. The number of benzene rings is 2. The molecule has 1 atom stereocenters. The molecule has 0 saturated carbocycles. The molecule has 0 aromatic heterocycles. The van der Waals surface area contributed by atoms with Crippen LogP contribution in [0.25, 0.3) is 5.57 Å². The maximum absolute atomic E-state index is 15.3. The van der Waals surface area contributed by atoms with E-state index in [-0.39, 0.29) is 23.5 Å². The van der Waals surface area contributed by atoms with E-state index in [1.54, 1.807) is 6.07 Å². The van der Waals surface area contributed by atoms with Gasteiger partial charge in [0.2, 0.25) is 0 Å². The van der Waals surface area contributed by atoms with Crippen molar-refractivity contribution in [3.05, 3.63) is 70.8 Å². The molecule has 0 amide bonds. The van der Waals surface area contributed by atoms with Gasteiger partial charge in [0.1, 0.15) is 17.4 Å². The first kappa shape index (κ1) is 24.9. The number of hydroxylamine groups is 2. The van der Waals surface area contributed by atoms with Crippen LogP contribution < -0.4 is 4.74 Å². The predicted octanol–water partition coefficient (Wildman–Crippen LogP) is 7.80. The maximum Gasteiger partial charge on any atom is 0.130 e. The van der Waals surface area contributed by atoms with Crippen LogP contribution in [0.4, 0.5) is 8.78 Å². The highest BCUT2D eigenvalue weighted by Gasteiger charge is 2.46. The van der Waals surface area contributed by atoms with Crippen LogP contribution in [0.5, 0.6) is 5.75 Å². The van der Waals surface area contributed by atoms with Crippen molar-refractivity contribution in [2.24, 2.45) is 0 Å². The minimum Gasteiger partial charge on any atom is -0.494 e. The van der Waals surface area contributed by atoms with E-state index in [4.69, 9.17) is 4.74 Å². The predicted molar refractivity (Wildman–Crippen MR) is 131 cm³/mol. The average molecular weight is 469 g/mol. The zero-order chi connectivity index (χ0) is 24.7. The number of hydrogen-bond acceptors (Lipinski definition) is 2. The molecule has 1 radical (unpaired) electrons. The molecule has 0 N–H and O–H groups in total. The number of piperidine rings is 1. The first-order valence-electron chi connectivity index (χ1n) is 12.4. The van der Waals surface area contributed by atoms with Crippen LogP contribution in [0.2, 0.25) is 0 Å². The summed E-state index contributed by atoms with van der Waals surface area (Å²) in [6.07, 6.45) is 5.65. The number of nitrogens with zero attached hydrogens (tertiary/aromatic N) is 1. The van der Waals surface area contributed by atoms with Crippen molar-refractivity contribution < 1.29 is 18.7 Å². The zero-order valence-corrected chi connectivity index (χ0v) is 21.0. The maximum atomic E-state index is 15.3. The lowest BCUT2D eigenvalue weighted by atomic mass is 9.72. The van der Waals surface area contributed by atoms with Gasteiger partial charge in [0.25, 0.3) is 0 Å². The van der Waals surface area contributed by atoms with E-state index in [1.807, 2.05) is 58.9 Å². The summed E-state index contributed by atoms with van der Waals surface area (Å²) in [7, 11) is 0. The minimum absolute atomic E-state index is 0.0866. The highest BCUT2D eigenvalue weighted by molar-refractivity contribution is 5.67. The largest absolute Gasteiger partial charge is 0.494 e. The van der Waals surface area contributed by atoms with E-state index in [1.165, 1.54) is 11.1 Å². The summed E-state index contributed by atoms with van der Waals surface area (Å²) in [5.74, 6) is 0.327. The molecule has 183 valence electrons. The summed E-state index contributed by atoms with van der Waals surface area (Å²) in [4.78, 5) is 0. The summed E-state index contributed by atoms with van der Waals surface area (Å²) < 4.78 is 35.3. The molecular formula is C29H36F2NO2. The molecule has 1 fully saturated rings. The summed E-state index contributed by atoms with van der Waals surface area (Å²) in [6.45, 7) is 10.3. The highest BCUT2D eigenvalue weighted by Crippen LogP contribution is 2.45. The molecule has 1 saturated heterocycles. The van der Waals surface area contributed by atoms with E-state index in [9.17, 15) is 9.60 Å². The Hall–Kier alpha value is -2.24. The van der Waals surface area contributed by atoms with Gasteiger partial charge < -0.3 is 4.74 Å². The Labute approximate surface area is 202 Å². The van der Waals surface area contributed by atoms with E-state index in [0.717, 1.165) is 17.6 Å². The Kier molecular flexibility index (Phi) is 6.90. The lowest BCUT2D eigenvalue weighted by Crippen LogP contribution is -2.57. The van der Waals surface area contributed by atoms with Crippen LogP contribution >= 0.6 is 0 Å². The van der Waals surface area contributed by atoms with Gasteiger partial charge in [-0.15, -0.1) is 10.3 Å². The Morgan fingerprint density at radius 1 is 0.971 bits per heavy atom. The molecule has 1 aliphatic heterocycles. The van der Waals surface area contributed by atoms with Crippen molar-refractivity contribution in [3.8, 4) is 5.75 Å². The lowest BCUT2D eigenvalue weighted by Gasteiger charge is -2.50. The molecule has 0 spiro atoms. The molecule has 4 rings (SSSR count). The third kappa shape index (κ3) is 4.92. The average Bonchev–Trinajstić information content (AvgIpc) is 2.77. The second-order valence-electron chi connectivity index (χ2n) is 11.1. The van der Waals surface area contributed by atoms with Crippen molar-refractivity contribution in [3.63, 3.8) is 0 Å². The molecule has 2 aromatic rings. The number of ether oxygens (including phenoxy) is 1. The SMILES string of the molecule is CCOc1ccc(C2CC=C(c3ccc(C4CC(C)(C)N([O])C(C)(C)C4)cc3F)CC2)c(F)c1. The van der Waals surface area contributed by atoms with Crippen LogP contribution in [0.15, 0.2) is 42.5 Å². The molecule has 34 heavy (non-hydrogen) atoms. The summed E-state index contributed by atoms with van der Waals surface area (Å²) in [5, 5.41) is 13.9. The molecule has 1 aliphatic carbocycles. The number of halogens is 2. The Morgan fingerprint density at radius 3 is 2.24 bits per heavy atom. The number of rotatable bonds is 5. The molecule has 1 heterocycles. The summed E-state index contributed by atoms with van der Waals surface area (Å²) in [6, 6.07) is 10.7. The quantitative estimate of drug-likeness (QED) is 0.448. The smallest absolute Gasteiger partial charge is 0.130 e. The zero-order valence-electron chi connectivity index (χ0n) is 21.0. The van der Waals surface area contributed by atoms with Gasteiger partial charge in [-0.2, -0.15) is 0 Å². The standard InChI is InChI=1S/C29H36F2NO2/c1-6-34-23-12-14-25(27(31)16-23)20-9-7-19(8-10-20)24-13-11-21(15-26(24)30)22-17-28(2,3)32(33)29(4,5)18-22/h7,11-16,20,22H,6,8-10,17-18H2,1-5H3. The van der Waals surface area contributed by atoms with Crippen molar-refractivity contribution in [2.75, 3.05) is 6.61 Å². The topological polar surface area (TPSA) is 32.4 Å². The number of hydrogen-bond donors (Lipinski definition) is 0. The summed E-state index contributed by atoms with van der Waals surface area (Å²) >= 11 is 0. The molecule has 0 bridgehead atoms. The van der Waals surface area contributed by atoms with Crippen LogP contribution in [0.1, 0.15) is 95.2 Å². The van der Waals surface area contributed by atoms with Gasteiger partial charge in [0, 0.05) is 22.7 Å². The van der Waals surface area contributed by atoms with Crippen LogP contribution in [-0.2, 0) is 5.21 Å². The third-order valence-corrected chi connectivity index (χ3v) is 7.54. The molecule has 2 aliphatic rings. The highest BCUT2D eigenvalue weighted by atomic mass is 19.1. The summed E-state index contributed by atoms with van der Waals surface area (Å²) in [5.41, 5.74) is 2.30. The van der Waals surface area contributed by atoms with E-state index < -0.39 is 11.1 Å². The van der Waals surface area contributed by atoms with Crippen LogP contribution in [0.3, 0.4) is 0 Å². The van der Waals surface area contributed by atoms with Gasteiger partial charge in [-0.05, 0) is 107 Å². The van der Waals surface area contributed by atoms with Crippen LogP contribution in [0, 0.1) is 11.6 Å². The van der Waals surface area contributed by atoms with Gasteiger partial charge in [-0.3, -0.25) is 0 Å². The monoisotopic (exact) mass is 468 g/mol. The fourth-order valence-corrected chi connectivity index (χ4v) is 6.00. The van der Waals surface area contributed by atoms with E-state index >= 15 is 4.39 Å². The van der Waals surface area contributed by atoms with Crippen LogP contribution in [-0.4, -0.2) is 22.7 Å². The molecule has 1 unspecified atom stereocenters. The molecule has 5 heteroatoms. The van der Waals surface area contributed by atoms with E-state index in [0.29, 0.717) is 49.2 Å². The normalized spacial score (nSPS) is 22.9.